The maximum atomic E-state index is 13.3. The van der Waals surface area contributed by atoms with Crippen LogP contribution in [0.3, 0.4) is 0 Å². The molecule has 0 aromatic heterocycles. The van der Waals surface area contributed by atoms with E-state index in [1.165, 1.54) is 39.3 Å². The zero-order valence-electron chi connectivity index (χ0n) is 16.3. The number of hydrogen-bond acceptors (Lipinski definition) is 8. The number of rotatable bonds is 5. The Balaban J connectivity index is 1.85. The molecule has 1 atom stereocenters. The Bertz CT molecular complexity index is 1130. The fourth-order valence-electron chi connectivity index (χ4n) is 3.66. The first-order valence-electron chi connectivity index (χ1n) is 8.90. The van der Waals surface area contributed by atoms with E-state index in [0.717, 1.165) is 4.90 Å². The number of carbonyl (C=O) groups excluding carboxylic acids is 2. The molecular formula is C20H17N3O7. The summed E-state index contributed by atoms with van der Waals surface area (Å²) in [4.78, 5) is 43.2. The van der Waals surface area contributed by atoms with Crippen LogP contribution in [0.1, 0.15) is 11.1 Å². The van der Waals surface area contributed by atoms with Crippen LogP contribution in [0.5, 0.6) is 11.5 Å². The predicted octanol–water partition coefficient (Wildman–Crippen LogP) is 2.11. The zero-order valence-corrected chi connectivity index (χ0v) is 16.3. The number of carbonyl (C=O) groups is 2. The van der Waals surface area contributed by atoms with Gasteiger partial charge in [0.15, 0.2) is 17.6 Å². The summed E-state index contributed by atoms with van der Waals surface area (Å²) in [6.45, 7) is 1.49. The van der Waals surface area contributed by atoms with Gasteiger partial charge in [-0.15, -0.1) is 0 Å². The Kier molecular flexibility index (Phi) is 4.63. The lowest BCUT2D eigenvalue weighted by Gasteiger charge is -2.18. The Morgan fingerprint density at radius 2 is 1.87 bits per heavy atom. The van der Waals surface area contributed by atoms with Crippen molar-refractivity contribution >= 4 is 28.9 Å². The van der Waals surface area contributed by atoms with Crippen molar-refractivity contribution in [3.05, 3.63) is 63.2 Å². The number of nitro benzene ring substituents is 1. The number of fused-ring (bicyclic) bond motifs is 1. The summed E-state index contributed by atoms with van der Waals surface area (Å²) < 4.78 is 10.7. The maximum Gasteiger partial charge on any atom is 0.274 e. The number of ether oxygens (including phenoxy) is 2. The average Bonchev–Trinajstić information content (AvgIpc) is 3.27. The molecule has 10 heteroatoms. The van der Waals surface area contributed by atoms with Crippen molar-refractivity contribution in [3.63, 3.8) is 0 Å². The second-order valence-corrected chi connectivity index (χ2v) is 6.59. The molecule has 2 aromatic carbocycles. The van der Waals surface area contributed by atoms with Gasteiger partial charge in [0.25, 0.3) is 17.5 Å². The zero-order chi connectivity index (χ0) is 21.6. The fourth-order valence-corrected chi connectivity index (χ4v) is 3.66. The first-order valence-corrected chi connectivity index (χ1v) is 8.90. The molecule has 1 fully saturated rings. The van der Waals surface area contributed by atoms with E-state index in [-0.39, 0.29) is 28.2 Å². The maximum absolute atomic E-state index is 13.3. The molecule has 0 aliphatic carbocycles. The molecule has 0 radical (unpaired) electrons. The molecule has 0 unspecified atom stereocenters. The van der Waals surface area contributed by atoms with E-state index in [0.29, 0.717) is 17.1 Å². The van der Waals surface area contributed by atoms with Crippen LogP contribution < -0.4 is 19.9 Å². The standard InChI is InChI=1S/C20H17N3O7/c1-10-12(7-5-8-13(10)23(26)27)22-19(24)15-16(21-30-18(15)20(22)25)11-6-4-9-14(28-2)17(11)29-3/h4-9,18,21H,1-3H3/t18-/m0/s1. The number of para-hydroxylation sites is 1. The molecule has 0 saturated carbocycles. The first kappa shape index (κ1) is 19.4. The van der Waals surface area contributed by atoms with E-state index in [1.54, 1.807) is 18.2 Å². The van der Waals surface area contributed by atoms with Crippen LogP contribution >= 0.6 is 0 Å². The van der Waals surface area contributed by atoms with Gasteiger partial charge in [-0.1, -0.05) is 12.1 Å². The van der Waals surface area contributed by atoms with Crippen LogP contribution in [0.15, 0.2) is 42.0 Å². The Labute approximate surface area is 170 Å². The number of nitrogens with one attached hydrogen (secondary N) is 1. The quantitative estimate of drug-likeness (QED) is 0.451. The monoisotopic (exact) mass is 411 g/mol. The topological polar surface area (TPSA) is 120 Å². The van der Waals surface area contributed by atoms with Gasteiger partial charge in [-0.3, -0.25) is 30.0 Å². The van der Waals surface area contributed by atoms with Gasteiger partial charge in [-0.2, -0.15) is 0 Å². The van der Waals surface area contributed by atoms with Gasteiger partial charge in [0.1, 0.15) is 0 Å². The SMILES string of the molecule is COc1cccc(C2=C3C(=O)N(c4cccc([N+](=O)[O-])c4C)C(=O)[C@H]3ON2)c1OC. The van der Waals surface area contributed by atoms with Crippen molar-refractivity contribution in [1.82, 2.24) is 5.48 Å². The molecule has 2 aromatic rings. The van der Waals surface area contributed by atoms with Crippen molar-refractivity contribution in [1.29, 1.82) is 0 Å². The van der Waals surface area contributed by atoms with Gasteiger partial charge >= 0.3 is 0 Å². The van der Waals surface area contributed by atoms with Gasteiger partial charge < -0.3 is 9.47 Å². The highest BCUT2D eigenvalue weighted by atomic mass is 16.7. The second kappa shape index (κ2) is 7.16. The van der Waals surface area contributed by atoms with Crippen LogP contribution in [0, 0.1) is 17.0 Å². The first-order chi connectivity index (χ1) is 14.4. The van der Waals surface area contributed by atoms with E-state index in [9.17, 15) is 19.7 Å². The van der Waals surface area contributed by atoms with Crippen molar-refractivity contribution in [3.8, 4) is 11.5 Å². The van der Waals surface area contributed by atoms with Crippen LogP contribution in [0.25, 0.3) is 5.70 Å². The average molecular weight is 411 g/mol. The van der Waals surface area contributed by atoms with Gasteiger partial charge in [0.05, 0.1) is 41.7 Å². The molecule has 154 valence electrons. The number of methoxy groups -OCH3 is 2. The third-order valence-corrected chi connectivity index (χ3v) is 5.08. The van der Waals surface area contributed by atoms with Crippen molar-refractivity contribution in [2.24, 2.45) is 0 Å². The van der Waals surface area contributed by atoms with Gasteiger partial charge in [-0.05, 0) is 25.1 Å². The summed E-state index contributed by atoms with van der Waals surface area (Å²) in [7, 11) is 2.94. The van der Waals surface area contributed by atoms with E-state index in [4.69, 9.17) is 14.3 Å². The van der Waals surface area contributed by atoms with Crippen molar-refractivity contribution in [2.75, 3.05) is 19.1 Å². The van der Waals surface area contributed by atoms with Gasteiger partial charge in [0, 0.05) is 11.6 Å². The number of anilines is 1. The summed E-state index contributed by atoms with van der Waals surface area (Å²) in [5.74, 6) is -0.456. The van der Waals surface area contributed by atoms with Crippen LogP contribution in [0.4, 0.5) is 11.4 Å². The third-order valence-electron chi connectivity index (χ3n) is 5.08. The Morgan fingerprint density at radius 1 is 1.13 bits per heavy atom. The van der Waals surface area contributed by atoms with Gasteiger partial charge in [0.2, 0.25) is 0 Å². The molecule has 1 saturated heterocycles. The summed E-state index contributed by atoms with van der Waals surface area (Å²) in [6, 6.07) is 9.33. The minimum atomic E-state index is -1.18. The number of hydrogen-bond donors (Lipinski definition) is 1. The molecule has 4 rings (SSSR count). The van der Waals surface area contributed by atoms with E-state index in [2.05, 4.69) is 5.48 Å². The highest BCUT2D eigenvalue weighted by molar-refractivity contribution is 6.33. The van der Waals surface area contributed by atoms with Crippen LogP contribution in [-0.4, -0.2) is 37.1 Å². The Morgan fingerprint density at radius 3 is 2.53 bits per heavy atom. The Hall–Kier alpha value is -3.92. The molecule has 2 heterocycles. The molecule has 2 aliphatic heterocycles. The van der Waals surface area contributed by atoms with Crippen molar-refractivity contribution < 1.29 is 28.8 Å². The second-order valence-electron chi connectivity index (χ2n) is 6.59. The lowest BCUT2D eigenvalue weighted by Crippen LogP contribution is -2.35. The van der Waals surface area contributed by atoms with Crippen LogP contribution in [-0.2, 0) is 14.4 Å². The largest absolute Gasteiger partial charge is 0.493 e. The van der Waals surface area contributed by atoms with Crippen LogP contribution in [0.2, 0.25) is 0 Å². The highest BCUT2D eigenvalue weighted by Crippen LogP contribution is 2.42. The number of amides is 2. The van der Waals surface area contributed by atoms with E-state index in [1.807, 2.05) is 0 Å². The summed E-state index contributed by atoms with van der Waals surface area (Å²) in [6.07, 6.45) is -1.18. The molecule has 0 spiro atoms. The molecule has 0 bridgehead atoms. The molecule has 2 amide bonds. The summed E-state index contributed by atoms with van der Waals surface area (Å²) >= 11 is 0. The molecule has 2 aliphatic rings. The highest BCUT2D eigenvalue weighted by Gasteiger charge is 2.51. The van der Waals surface area contributed by atoms with Gasteiger partial charge in [-0.25, -0.2) is 4.90 Å². The molecule has 1 N–H and O–H groups in total. The van der Waals surface area contributed by atoms with E-state index < -0.39 is 22.8 Å². The molecule has 30 heavy (non-hydrogen) atoms. The normalized spacial score (nSPS) is 17.8. The number of imide groups is 1. The third kappa shape index (κ3) is 2.69. The molecular weight excluding hydrogens is 394 g/mol. The van der Waals surface area contributed by atoms with E-state index >= 15 is 0 Å². The van der Waals surface area contributed by atoms with Crippen molar-refractivity contribution in [2.45, 2.75) is 13.0 Å². The number of nitro groups is 1. The fraction of sp³-hybridized carbons (Fsp3) is 0.200. The number of nitrogens with zero attached hydrogens (tertiary/aromatic N) is 2. The summed E-state index contributed by atoms with van der Waals surface area (Å²) in [5.41, 5.74) is 3.66. The number of benzene rings is 2. The lowest BCUT2D eigenvalue weighted by molar-refractivity contribution is -0.385. The number of hydroxylamine groups is 1. The smallest absolute Gasteiger partial charge is 0.274 e. The lowest BCUT2D eigenvalue weighted by atomic mass is 10.0. The minimum Gasteiger partial charge on any atom is -0.493 e. The summed E-state index contributed by atoms with van der Waals surface area (Å²) in [5, 5.41) is 11.3. The molecule has 10 nitrogen and oxygen atoms in total. The predicted molar refractivity (Wildman–Crippen MR) is 105 cm³/mol. The minimum absolute atomic E-state index is 0.0949.